The third kappa shape index (κ3) is 2.39. The third-order valence-electron chi connectivity index (χ3n) is 3.67. The van der Waals surface area contributed by atoms with Gasteiger partial charge in [-0.25, -0.2) is 4.79 Å². The monoisotopic (exact) mass is 268 g/mol. The quantitative estimate of drug-likeness (QED) is 0.902. The van der Waals surface area contributed by atoms with E-state index in [-0.39, 0.29) is 6.10 Å². The molecule has 1 N–H and O–H groups in total. The lowest BCUT2D eigenvalue weighted by Crippen LogP contribution is -2.15. The predicted molar refractivity (Wildman–Crippen MR) is 76.3 cm³/mol. The van der Waals surface area contributed by atoms with E-state index in [1.165, 1.54) is 11.1 Å². The topological polar surface area (TPSA) is 46.5 Å². The molecular formula is C17H16O3. The maximum absolute atomic E-state index is 11.0. The van der Waals surface area contributed by atoms with Gasteiger partial charge in [0.1, 0.15) is 11.9 Å². The van der Waals surface area contributed by atoms with Gasteiger partial charge < -0.3 is 9.84 Å². The highest BCUT2D eigenvalue weighted by atomic mass is 16.5. The molecule has 0 saturated heterocycles. The van der Waals surface area contributed by atoms with Crippen LogP contribution in [0, 0.1) is 6.92 Å². The van der Waals surface area contributed by atoms with Gasteiger partial charge in [0.15, 0.2) is 0 Å². The zero-order valence-corrected chi connectivity index (χ0v) is 11.3. The summed E-state index contributed by atoms with van der Waals surface area (Å²) in [5.41, 5.74) is 3.70. The van der Waals surface area contributed by atoms with Crippen molar-refractivity contribution < 1.29 is 14.6 Å². The molecule has 0 fully saturated rings. The molecule has 0 aliphatic carbocycles. The lowest BCUT2D eigenvalue weighted by atomic mass is 9.95. The summed E-state index contributed by atoms with van der Waals surface area (Å²) in [6.45, 7) is 2.07. The van der Waals surface area contributed by atoms with Gasteiger partial charge in [0.05, 0.1) is 5.56 Å². The zero-order chi connectivity index (χ0) is 14.1. The van der Waals surface area contributed by atoms with Crippen molar-refractivity contribution in [2.75, 3.05) is 0 Å². The molecule has 20 heavy (non-hydrogen) atoms. The standard InChI is InChI=1S/C17H16O3/c1-11-5-7-15-13(9-11)6-8-16(20-15)12-3-2-4-14(10-12)17(18)19/h2-5,7,9-10,16H,6,8H2,1H3,(H,18,19). The zero-order valence-electron chi connectivity index (χ0n) is 11.3. The first-order valence-corrected chi connectivity index (χ1v) is 6.73. The van der Waals surface area contributed by atoms with Crippen molar-refractivity contribution in [3.05, 3.63) is 64.7 Å². The predicted octanol–water partition coefficient (Wildman–Crippen LogP) is 3.76. The highest BCUT2D eigenvalue weighted by molar-refractivity contribution is 5.87. The average molecular weight is 268 g/mol. The SMILES string of the molecule is Cc1ccc2c(c1)CCC(c1cccc(C(=O)O)c1)O2. The second-order valence-electron chi connectivity index (χ2n) is 5.19. The van der Waals surface area contributed by atoms with E-state index in [2.05, 4.69) is 13.0 Å². The van der Waals surface area contributed by atoms with Crippen molar-refractivity contribution >= 4 is 5.97 Å². The molecule has 1 aliphatic heterocycles. The molecule has 1 aliphatic rings. The molecular weight excluding hydrogens is 252 g/mol. The van der Waals surface area contributed by atoms with E-state index in [0.717, 1.165) is 24.2 Å². The highest BCUT2D eigenvalue weighted by Crippen LogP contribution is 2.35. The lowest BCUT2D eigenvalue weighted by molar-refractivity contribution is 0.0696. The van der Waals surface area contributed by atoms with Crippen LogP contribution in [0.4, 0.5) is 0 Å². The number of hydrogen-bond donors (Lipinski definition) is 1. The van der Waals surface area contributed by atoms with Crippen LogP contribution in [0.3, 0.4) is 0 Å². The Kier molecular flexibility index (Phi) is 3.18. The van der Waals surface area contributed by atoms with Crippen LogP contribution in [0.25, 0.3) is 0 Å². The number of carboxylic acid groups (broad SMARTS) is 1. The van der Waals surface area contributed by atoms with Gasteiger partial charge in [0, 0.05) is 0 Å². The van der Waals surface area contributed by atoms with Crippen molar-refractivity contribution in [1.29, 1.82) is 0 Å². The Hall–Kier alpha value is -2.29. The second-order valence-corrected chi connectivity index (χ2v) is 5.19. The van der Waals surface area contributed by atoms with Crippen molar-refractivity contribution in [1.82, 2.24) is 0 Å². The molecule has 3 rings (SSSR count). The normalized spacial score (nSPS) is 17.1. The minimum Gasteiger partial charge on any atom is -0.485 e. The Bertz CT molecular complexity index is 661. The van der Waals surface area contributed by atoms with E-state index in [0.29, 0.717) is 5.56 Å². The van der Waals surface area contributed by atoms with Crippen LogP contribution in [0.2, 0.25) is 0 Å². The number of rotatable bonds is 2. The van der Waals surface area contributed by atoms with E-state index in [4.69, 9.17) is 9.84 Å². The van der Waals surface area contributed by atoms with E-state index < -0.39 is 5.97 Å². The molecule has 3 heteroatoms. The summed E-state index contributed by atoms with van der Waals surface area (Å²) >= 11 is 0. The van der Waals surface area contributed by atoms with Gasteiger partial charge in [-0.3, -0.25) is 0 Å². The number of aromatic carboxylic acids is 1. The molecule has 0 saturated carbocycles. The number of hydrogen-bond acceptors (Lipinski definition) is 2. The fourth-order valence-electron chi connectivity index (χ4n) is 2.62. The first kappa shape index (κ1) is 12.7. The number of fused-ring (bicyclic) bond motifs is 1. The molecule has 0 amide bonds. The minimum atomic E-state index is -0.904. The van der Waals surface area contributed by atoms with Gasteiger partial charge in [-0.2, -0.15) is 0 Å². The van der Waals surface area contributed by atoms with Crippen molar-refractivity contribution in [2.45, 2.75) is 25.9 Å². The first-order chi connectivity index (χ1) is 9.63. The number of carboxylic acids is 1. The molecule has 1 unspecified atom stereocenters. The Morgan fingerprint density at radius 3 is 2.90 bits per heavy atom. The van der Waals surface area contributed by atoms with Gasteiger partial charge in [-0.1, -0.05) is 29.8 Å². The number of ether oxygens (including phenoxy) is 1. The smallest absolute Gasteiger partial charge is 0.335 e. The second kappa shape index (κ2) is 5.00. The van der Waals surface area contributed by atoms with Crippen molar-refractivity contribution in [3.8, 4) is 5.75 Å². The van der Waals surface area contributed by atoms with Crippen LogP contribution in [0.15, 0.2) is 42.5 Å². The molecule has 0 spiro atoms. The lowest BCUT2D eigenvalue weighted by Gasteiger charge is -2.26. The molecule has 2 aromatic carbocycles. The van der Waals surface area contributed by atoms with E-state index in [9.17, 15) is 4.79 Å². The number of aryl methyl sites for hydroxylation is 2. The Labute approximate surface area is 117 Å². The van der Waals surface area contributed by atoms with E-state index >= 15 is 0 Å². The molecule has 1 heterocycles. The van der Waals surface area contributed by atoms with Crippen LogP contribution in [0.1, 0.15) is 39.6 Å². The van der Waals surface area contributed by atoms with Crippen LogP contribution < -0.4 is 4.74 Å². The highest BCUT2D eigenvalue weighted by Gasteiger charge is 2.21. The average Bonchev–Trinajstić information content (AvgIpc) is 2.47. The summed E-state index contributed by atoms with van der Waals surface area (Å²) in [6.07, 6.45) is 1.77. The summed E-state index contributed by atoms with van der Waals surface area (Å²) in [7, 11) is 0. The third-order valence-corrected chi connectivity index (χ3v) is 3.67. The van der Waals surface area contributed by atoms with Crippen molar-refractivity contribution in [3.63, 3.8) is 0 Å². The molecule has 0 radical (unpaired) electrons. The summed E-state index contributed by atoms with van der Waals surface area (Å²) in [5, 5.41) is 9.06. The maximum atomic E-state index is 11.0. The van der Waals surface area contributed by atoms with E-state index in [1.54, 1.807) is 18.2 Å². The Balaban J connectivity index is 1.88. The number of benzene rings is 2. The summed E-state index contributed by atoms with van der Waals surface area (Å²) in [4.78, 5) is 11.0. The molecule has 3 nitrogen and oxygen atoms in total. The van der Waals surface area contributed by atoms with Crippen LogP contribution >= 0.6 is 0 Å². The molecule has 0 aromatic heterocycles. The van der Waals surface area contributed by atoms with Gasteiger partial charge in [0.2, 0.25) is 0 Å². The van der Waals surface area contributed by atoms with Gasteiger partial charge >= 0.3 is 5.97 Å². The Morgan fingerprint density at radius 1 is 1.25 bits per heavy atom. The van der Waals surface area contributed by atoms with Crippen LogP contribution in [0.5, 0.6) is 5.75 Å². The fraction of sp³-hybridized carbons (Fsp3) is 0.235. The number of carbonyl (C=O) groups is 1. The molecule has 2 aromatic rings. The van der Waals surface area contributed by atoms with Gasteiger partial charge in [-0.05, 0) is 49.1 Å². The van der Waals surface area contributed by atoms with Gasteiger partial charge in [-0.15, -0.1) is 0 Å². The van der Waals surface area contributed by atoms with E-state index in [1.807, 2.05) is 18.2 Å². The first-order valence-electron chi connectivity index (χ1n) is 6.73. The van der Waals surface area contributed by atoms with Crippen LogP contribution in [-0.2, 0) is 6.42 Å². The summed E-state index contributed by atoms with van der Waals surface area (Å²) in [5.74, 6) is 0.00580. The molecule has 0 bridgehead atoms. The van der Waals surface area contributed by atoms with Crippen molar-refractivity contribution in [2.24, 2.45) is 0 Å². The fourth-order valence-corrected chi connectivity index (χ4v) is 2.62. The largest absolute Gasteiger partial charge is 0.485 e. The molecule has 102 valence electrons. The minimum absolute atomic E-state index is 0.0653. The van der Waals surface area contributed by atoms with Crippen LogP contribution in [-0.4, -0.2) is 11.1 Å². The molecule has 1 atom stereocenters. The van der Waals surface area contributed by atoms with Gasteiger partial charge in [0.25, 0.3) is 0 Å². The summed E-state index contributed by atoms with van der Waals surface area (Å²) < 4.78 is 6.01. The Morgan fingerprint density at radius 2 is 2.10 bits per heavy atom. The maximum Gasteiger partial charge on any atom is 0.335 e. The summed E-state index contributed by atoms with van der Waals surface area (Å²) in [6, 6.07) is 13.2.